The highest BCUT2D eigenvalue weighted by atomic mass is 19.1. The molecule has 2 unspecified atom stereocenters. The van der Waals surface area contributed by atoms with E-state index in [0.717, 1.165) is 24.1 Å². The molecule has 0 aromatic heterocycles. The van der Waals surface area contributed by atoms with Crippen LogP contribution in [-0.4, -0.2) is 43.3 Å². The van der Waals surface area contributed by atoms with Gasteiger partial charge in [-0.1, -0.05) is 12.1 Å². The molecule has 0 fully saturated rings. The van der Waals surface area contributed by atoms with Crippen molar-refractivity contribution < 1.29 is 18.7 Å². The molecule has 0 saturated heterocycles. The Morgan fingerprint density at radius 3 is 2.38 bits per heavy atom. The van der Waals surface area contributed by atoms with Gasteiger partial charge in [0.15, 0.2) is 11.5 Å². The van der Waals surface area contributed by atoms with E-state index in [9.17, 15) is 9.18 Å². The largest absolute Gasteiger partial charge is 0.493 e. The van der Waals surface area contributed by atoms with Crippen LogP contribution in [-0.2, 0) is 13.0 Å². The van der Waals surface area contributed by atoms with Crippen molar-refractivity contribution in [3.05, 3.63) is 58.9 Å². The second-order valence-corrected chi connectivity index (χ2v) is 9.33. The smallest absolute Gasteiger partial charge is 0.315 e. The van der Waals surface area contributed by atoms with Gasteiger partial charge >= 0.3 is 6.03 Å². The highest BCUT2D eigenvalue weighted by molar-refractivity contribution is 5.75. The number of rotatable bonds is 6. The van der Waals surface area contributed by atoms with Crippen LogP contribution >= 0.6 is 0 Å². The number of nitrogens with zero attached hydrogens (tertiary/aromatic N) is 1. The zero-order chi connectivity index (χ0) is 23.5. The number of methoxy groups -OCH3 is 2. The van der Waals surface area contributed by atoms with Gasteiger partial charge in [0.2, 0.25) is 0 Å². The molecule has 2 atom stereocenters. The Hall–Kier alpha value is -2.80. The number of carbonyl (C=O) groups excluding carboxylic acids is 1. The van der Waals surface area contributed by atoms with Crippen LogP contribution < -0.4 is 20.1 Å². The molecule has 2 aromatic rings. The van der Waals surface area contributed by atoms with Crippen LogP contribution in [0.4, 0.5) is 9.18 Å². The first kappa shape index (κ1) is 23.9. The van der Waals surface area contributed by atoms with Gasteiger partial charge in [-0.05, 0) is 75.1 Å². The predicted octanol–water partition coefficient (Wildman–Crippen LogP) is 4.43. The number of fused-ring (bicyclic) bond motifs is 1. The van der Waals surface area contributed by atoms with Crippen molar-refractivity contribution in [1.82, 2.24) is 15.5 Å². The van der Waals surface area contributed by atoms with Crippen molar-refractivity contribution >= 4 is 6.03 Å². The first-order valence-electron chi connectivity index (χ1n) is 10.9. The number of ether oxygens (including phenoxy) is 2. The monoisotopic (exact) mass is 443 g/mol. The van der Waals surface area contributed by atoms with Gasteiger partial charge in [0.25, 0.3) is 0 Å². The zero-order valence-electron chi connectivity index (χ0n) is 19.8. The summed E-state index contributed by atoms with van der Waals surface area (Å²) in [5, 5.41) is 6.08. The van der Waals surface area contributed by atoms with E-state index >= 15 is 0 Å². The fraction of sp³-hybridized carbons (Fsp3) is 0.480. The lowest BCUT2D eigenvalue weighted by atomic mass is 9.87. The summed E-state index contributed by atoms with van der Waals surface area (Å²) in [6.45, 7) is 9.31. The molecule has 7 heteroatoms. The molecular formula is C25H34FN3O3. The first-order chi connectivity index (χ1) is 15.1. The van der Waals surface area contributed by atoms with Crippen LogP contribution in [0.15, 0.2) is 36.4 Å². The topological polar surface area (TPSA) is 62.8 Å². The maximum atomic E-state index is 13.4. The minimum atomic E-state index is -0.335. The molecule has 3 rings (SSSR count). The third-order valence-electron chi connectivity index (χ3n) is 5.65. The van der Waals surface area contributed by atoms with E-state index in [1.54, 1.807) is 26.4 Å². The SMILES string of the molecule is COc1cc2c(cc1OC)C(C(C)NC(=O)NC(C)(C)C)N(Cc1ccc(F)cc1)CC2. The predicted molar refractivity (Wildman–Crippen MR) is 124 cm³/mol. The van der Waals surface area contributed by atoms with Crippen molar-refractivity contribution in [3.63, 3.8) is 0 Å². The van der Waals surface area contributed by atoms with Crippen molar-refractivity contribution in [1.29, 1.82) is 0 Å². The van der Waals surface area contributed by atoms with Crippen molar-refractivity contribution in [2.45, 2.75) is 58.3 Å². The molecule has 0 aliphatic carbocycles. The number of hydrogen-bond acceptors (Lipinski definition) is 4. The molecule has 2 N–H and O–H groups in total. The maximum Gasteiger partial charge on any atom is 0.315 e. The third kappa shape index (κ3) is 5.71. The summed E-state index contributed by atoms with van der Waals surface area (Å²) in [5.41, 5.74) is 2.96. The minimum absolute atomic E-state index is 0.0886. The Balaban J connectivity index is 1.95. The Labute approximate surface area is 190 Å². The molecule has 6 nitrogen and oxygen atoms in total. The maximum absolute atomic E-state index is 13.4. The average molecular weight is 444 g/mol. The highest BCUT2D eigenvalue weighted by Gasteiger charge is 2.34. The molecule has 0 bridgehead atoms. The summed E-state index contributed by atoms with van der Waals surface area (Å²) in [6.07, 6.45) is 0.842. The van der Waals surface area contributed by atoms with Gasteiger partial charge in [0.05, 0.1) is 20.3 Å². The summed E-state index contributed by atoms with van der Waals surface area (Å²) >= 11 is 0. The molecule has 32 heavy (non-hydrogen) atoms. The van der Waals surface area contributed by atoms with Gasteiger partial charge in [0.1, 0.15) is 5.82 Å². The Morgan fingerprint density at radius 2 is 1.78 bits per heavy atom. The van der Waals surface area contributed by atoms with Gasteiger partial charge in [-0.25, -0.2) is 9.18 Å². The molecule has 0 radical (unpaired) electrons. The first-order valence-corrected chi connectivity index (χ1v) is 10.9. The number of amides is 2. The van der Waals surface area contributed by atoms with Gasteiger partial charge < -0.3 is 20.1 Å². The third-order valence-corrected chi connectivity index (χ3v) is 5.65. The van der Waals surface area contributed by atoms with Gasteiger partial charge in [-0.15, -0.1) is 0 Å². The number of urea groups is 1. The molecule has 2 aromatic carbocycles. The molecule has 174 valence electrons. The van der Waals surface area contributed by atoms with Crippen LogP contribution in [0, 0.1) is 5.82 Å². The van der Waals surface area contributed by atoms with Crippen molar-refractivity contribution in [2.75, 3.05) is 20.8 Å². The summed E-state index contributed by atoms with van der Waals surface area (Å²) in [4.78, 5) is 14.9. The Morgan fingerprint density at radius 1 is 1.16 bits per heavy atom. The van der Waals surface area contributed by atoms with Crippen LogP contribution in [0.2, 0.25) is 0 Å². The van der Waals surface area contributed by atoms with Crippen LogP contribution in [0.3, 0.4) is 0 Å². The summed E-state index contributed by atoms with van der Waals surface area (Å²) in [5.74, 6) is 1.11. The number of nitrogens with one attached hydrogen (secondary N) is 2. The summed E-state index contributed by atoms with van der Waals surface area (Å²) in [7, 11) is 3.25. The van der Waals surface area contributed by atoms with Crippen molar-refractivity contribution in [3.8, 4) is 11.5 Å². The fourth-order valence-corrected chi connectivity index (χ4v) is 4.28. The van der Waals surface area contributed by atoms with Crippen molar-refractivity contribution in [2.24, 2.45) is 0 Å². The standard InChI is InChI=1S/C25H34FN3O3/c1-16(27-24(30)28-25(2,3)4)23-20-14-22(32-6)21(31-5)13-18(20)11-12-29(23)15-17-7-9-19(26)10-8-17/h7-10,13-14,16,23H,11-12,15H2,1-6H3,(H2,27,28,30). The molecule has 1 aliphatic heterocycles. The fourth-order valence-electron chi connectivity index (χ4n) is 4.28. The average Bonchev–Trinajstić information content (AvgIpc) is 2.72. The second-order valence-electron chi connectivity index (χ2n) is 9.33. The van der Waals surface area contributed by atoms with E-state index in [0.29, 0.717) is 18.0 Å². The number of hydrogen-bond donors (Lipinski definition) is 2. The van der Waals surface area contributed by atoms with E-state index in [1.807, 2.05) is 39.8 Å². The molecule has 0 spiro atoms. The zero-order valence-corrected chi connectivity index (χ0v) is 19.8. The molecular weight excluding hydrogens is 409 g/mol. The highest BCUT2D eigenvalue weighted by Crippen LogP contribution is 2.40. The molecule has 0 saturated carbocycles. The van der Waals surface area contributed by atoms with Gasteiger partial charge in [-0.2, -0.15) is 0 Å². The molecule has 1 heterocycles. The van der Waals surface area contributed by atoms with Crippen LogP contribution in [0.1, 0.15) is 50.4 Å². The second kappa shape index (κ2) is 9.77. The van der Waals surface area contributed by atoms with E-state index in [1.165, 1.54) is 17.7 Å². The lowest BCUT2D eigenvalue weighted by Gasteiger charge is -2.41. The van der Waals surface area contributed by atoms with Crippen LogP contribution in [0.25, 0.3) is 0 Å². The lowest BCUT2D eigenvalue weighted by molar-refractivity contribution is 0.142. The Bertz CT molecular complexity index is 941. The normalized spacial score (nSPS) is 17.3. The van der Waals surface area contributed by atoms with Gasteiger partial charge in [-0.3, -0.25) is 4.90 Å². The van der Waals surface area contributed by atoms with E-state index in [4.69, 9.17) is 9.47 Å². The quantitative estimate of drug-likeness (QED) is 0.693. The van der Waals surface area contributed by atoms with E-state index in [2.05, 4.69) is 15.5 Å². The van der Waals surface area contributed by atoms with E-state index in [-0.39, 0.29) is 29.5 Å². The number of halogens is 1. The summed E-state index contributed by atoms with van der Waals surface area (Å²) in [6, 6.07) is 10.1. The molecule has 1 aliphatic rings. The minimum Gasteiger partial charge on any atom is -0.493 e. The van der Waals surface area contributed by atoms with E-state index < -0.39 is 0 Å². The molecule has 2 amide bonds. The van der Waals surface area contributed by atoms with Gasteiger partial charge in [0, 0.05) is 24.7 Å². The number of benzene rings is 2. The van der Waals surface area contributed by atoms with Crippen LogP contribution in [0.5, 0.6) is 11.5 Å². The lowest BCUT2D eigenvalue weighted by Crippen LogP contribution is -2.53. The Kier molecular flexibility index (Phi) is 7.29. The number of carbonyl (C=O) groups is 1. The summed E-state index contributed by atoms with van der Waals surface area (Å²) < 4.78 is 24.5.